The smallest absolute Gasteiger partial charge is 0.410 e. The van der Waals surface area contributed by atoms with E-state index in [1.165, 1.54) is 12.2 Å². The highest BCUT2D eigenvalue weighted by Crippen LogP contribution is 2.25. The minimum atomic E-state index is -0.517. The van der Waals surface area contributed by atoms with Crippen molar-refractivity contribution in [3.63, 3.8) is 0 Å². The third-order valence-electron chi connectivity index (χ3n) is 3.39. The Kier molecular flexibility index (Phi) is 6.34. The molecule has 0 aromatic carbocycles. The summed E-state index contributed by atoms with van der Waals surface area (Å²) < 4.78 is 5.38. The molecule has 21 heavy (non-hydrogen) atoms. The van der Waals surface area contributed by atoms with E-state index in [0.717, 1.165) is 12.8 Å². The Morgan fingerprint density at radius 1 is 1.38 bits per heavy atom. The van der Waals surface area contributed by atoms with E-state index >= 15 is 0 Å². The first kappa shape index (κ1) is 18.1. The van der Waals surface area contributed by atoms with Crippen LogP contribution < -0.4 is 0 Å². The number of hydrogen-bond donors (Lipinski definition) is 1. The molecule has 1 fully saturated rings. The average Bonchev–Trinajstić information content (AvgIpc) is 2.43. The van der Waals surface area contributed by atoms with Crippen LogP contribution in [0.2, 0.25) is 0 Å². The summed E-state index contributed by atoms with van der Waals surface area (Å²) in [6, 6.07) is 0. The molecule has 6 nitrogen and oxygen atoms in total. The molecule has 0 saturated carbocycles. The molecule has 0 bridgehead atoms. The van der Waals surface area contributed by atoms with Crippen LogP contribution in [0.15, 0.2) is 0 Å². The molecule has 1 unspecified atom stereocenters. The van der Waals surface area contributed by atoms with Crippen molar-refractivity contribution < 1.29 is 19.2 Å². The molecule has 2 atom stereocenters. The van der Waals surface area contributed by atoms with Crippen molar-refractivity contribution in [2.75, 3.05) is 27.2 Å². The zero-order valence-electron chi connectivity index (χ0n) is 13.5. The molecular formula is C14H26N2O4S. The fourth-order valence-corrected chi connectivity index (χ4v) is 2.64. The molecule has 0 aromatic rings. The van der Waals surface area contributed by atoms with Crippen LogP contribution in [-0.2, 0) is 14.4 Å². The van der Waals surface area contributed by atoms with Crippen LogP contribution in [0, 0.1) is 5.92 Å². The zero-order chi connectivity index (χ0) is 16.2. The summed E-state index contributed by atoms with van der Waals surface area (Å²) in [5, 5.41) is 0.685. The molecule has 1 aliphatic rings. The summed E-state index contributed by atoms with van der Waals surface area (Å²) in [5.74, 6) is -0.198. The second-order valence-electron chi connectivity index (χ2n) is 6.29. The fraction of sp³-hybridized carbons (Fsp3) is 0.857. The van der Waals surface area contributed by atoms with Crippen LogP contribution in [0.5, 0.6) is 0 Å². The first-order valence-electron chi connectivity index (χ1n) is 7.13. The van der Waals surface area contributed by atoms with E-state index in [-0.39, 0.29) is 17.9 Å². The van der Waals surface area contributed by atoms with Crippen molar-refractivity contribution in [2.24, 2.45) is 5.92 Å². The lowest BCUT2D eigenvalue weighted by Crippen LogP contribution is -2.47. The number of amides is 2. The third-order valence-corrected chi connectivity index (χ3v) is 4.04. The number of piperidine rings is 1. The molecule has 1 rings (SSSR count). The molecule has 0 radical (unpaired) electrons. The molecule has 7 heteroatoms. The number of ether oxygens (including phenoxy) is 1. The predicted molar refractivity (Wildman–Crippen MR) is 83.1 cm³/mol. The maximum Gasteiger partial charge on any atom is 0.410 e. The summed E-state index contributed by atoms with van der Waals surface area (Å²) in [6.45, 7) is 6.65. The molecule has 0 aliphatic carbocycles. The van der Waals surface area contributed by atoms with E-state index in [0.29, 0.717) is 13.1 Å². The van der Waals surface area contributed by atoms with Gasteiger partial charge >= 0.3 is 6.09 Å². The van der Waals surface area contributed by atoms with Gasteiger partial charge in [-0.15, -0.1) is 0 Å². The fourth-order valence-electron chi connectivity index (χ4n) is 2.24. The van der Waals surface area contributed by atoms with Crippen LogP contribution in [0.25, 0.3) is 0 Å². The summed E-state index contributed by atoms with van der Waals surface area (Å²) in [4.78, 5) is 30.7. The van der Waals surface area contributed by atoms with Gasteiger partial charge in [-0.1, -0.05) is 0 Å². The second kappa shape index (κ2) is 7.35. The standard InChI is InChI=1S/C14H26N2O4S/c1-14(2,3)20-13(18)16-8-6-7-10(9-16)11(21)12(17)15(4)19-5/h10-11,21H,6-9H2,1-5H3/t10-,11?/m1/s1. The van der Waals surface area contributed by atoms with Crippen molar-refractivity contribution in [3.05, 3.63) is 0 Å². The number of nitrogens with zero attached hydrogens (tertiary/aromatic N) is 2. The van der Waals surface area contributed by atoms with Gasteiger partial charge < -0.3 is 9.64 Å². The molecule has 0 spiro atoms. The number of likely N-dealkylation sites (tertiary alicyclic amines) is 1. The molecule has 1 heterocycles. The molecule has 0 aromatic heterocycles. The van der Waals surface area contributed by atoms with Gasteiger partial charge in [-0.3, -0.25) is 9.63 Å². The Labute approximate surface area is 132 Å². The Morgan fingerprint density at radius 3 is 2.52 bits per heavy atom. The van der Waals surface area contributed by atoms with Gasteiger partial charge in [0.25, 0.3) is 5.91 Å². The Balaban J connectivity index is 2.63. The lowest BCUT2D eigenvalue weighted by Gasteiger charge is -2.36. The minimum absolute atomic E-state index is 0.000276. The molecule has 0 N–H and O–H groups in total. The topological polar surface area (TPSA) is 59.1 Å². The summed E-state index contributed by atoms with van der Waals surface area (Å²) in [5.41, 5.74) is -0.517. The molecule has 1 saturated heterocycles. The molecule has 122 valence electrons. The molecule has 1 aliphatic heterocycles. The van der Waals surface area contributed by atoms with Crippen molar-refractivity contribution in [1.82, 2.24) is 9.96 Å². The maximum absolute atomic E-state index is 12.1. The van der Waals surface area contributed by atoms with E-state index in [1.807, 2.05) is 20.8 Å². The number of hydroxylamine groups is 2. The quantitative estimate of drug-likeness (QED) is 0.638. The van der Waals surface area contributed by atoms with Crippen LogP contribution >= 0.6 is 12.6 Å². The van der Waals surface area contributed by atoms with Gasteiger partial charge in [-0.2, -0.15) is 12.6 Å². The number of carbonyl (C=O) groups is 2. The highest BCUT2D eigenvalue weighted by atomic mass is 32.1. The largest absolute Gasteiger partial charge is 0.444 e. The third kappa shape index (κ3) is 5.39. The second-order valence-corrected chi connectivity index (χ2v) is 6.85. The summed E-state index contributed by atoms with van der Waals surface area (Å²) in [7, 11) is 2.99. The van der Waals surface area contributed by atoms with Crippen LogP contribution in [0.1, 0.15) is 33.6 Å². The van der Waals surface area contributed by atoms with E-state index in [9.17, 15) is 9.59 Å². The molecule has 2 amide bonds. The van der Waals surface area contributed by atoms with Crippen molar-refractivity contribution >= 4 is 24.6 Å². The highest BCUT2D eigenvalue weighted by molar-refractivity contribution is 7.81. The van der Waals surface area contributed by atoms with E-state index in [1.54, 1.807) is 11.9 Å². The predicted octanol–water partition coefficient (Wildman–Crippen LogP) is 1.95. The number of hydrogen-bond acceptors (Lipinski definition) is 5. The van der Waals surface area contributed by atoms with Gasteiger partial charge in [0.2, 0.25) is 0 Å². The summed E-state index contributed by atoms with van der Waals surface area (Å²) >= 11 is 4.41. The van der Waals surface area contributed by atoms with Gasteiger partial charge in [0.15, 0.2) is 0 Å². The lowest BCUT2D eigenvalue weighted by atomic mass is 9.94. The first-order chi connectivity index (χ1) is 9.65. The van der Waals surface area contributed by atoms with E-state index in [4.69, 9.17) is 9.57 Å². The van der Waals surface area contributed by atoms with Gasteiger partial charge in [-0.05, 0) is 39.5 Å². The number of rotatable bonds is 3. The highest BCUT2D eigenvalue weighted by Gasteiger charge is 2.34. The number of carbonyl (C=O) groups excluding carboxylic acids is 2. The van der Waals surface area contributed by atoms with Gasteiger partial charge in [0.05, 0.1) is 12.4 Å². The van der Waals surface area contributed by atoms with Crippen molar-refractivity contribution in [1.29, 1.82) is 0 Å². The number of thiol groups is 1. The zero-order valence-corrected chi connectivity index (χ0v) is 14.4. The van der Waals surface area contributed by atoms with E-state index in [2.05, 4.69) is 12.6 Å². The van der Waals surface area contributed by atoms with Crippen LogP contribution in [-0.4, -0.2) is 60.1 Å². The lowest BCUT2D eigenvalue weighted by molar-refractivity contribution is -0.169. The van der Waals surface area contributed by atoms with Gasteiger partial charge in [-0.25, -0.2) is 9.86 Å². The monoisotopic (exact) mass is 318 g/mol. The Bertz CT molecular complexity index is 384. The van der Waals surface area contributed by atoms with Crippen molar-refractivity contribution in [3.8, 4) is 0 Å². The Hall–Kier alpha value is -0.950. The van der Waals surface area contributed by atoms with Gasteiger partial charge in [0, 0.05) is 20.1 Å². The Morgan fingerprint density at radius 2 is 2.00 bits per heavy atom. The molecular weight excluding hydrogens is 292 g/mol. The van der Waals surface area contributed by atoms with Crippen molar-refractivity contribution in [2.45, 2.75) is 44.5 Å². The normalized spacial score (nSPS) is 20.9. The SMILES string of the molecule is CON(C)C(=O)C(S)[C@@H]1CCCN(C(=O)OC(C)(C)C)C1. The summed E-state index contributed by atoms with van der Waals surface area (Å²) in [6.07, 6.45) is 1.36. The van der Waals surface area contributed by atoms with Crippen LogP contribution in [0.4, 0.5) is 4.79 Å². The first-order valence-corrected chi connectivity index (χ1v) is 7.65. The average molecular weight is 318 g/mol. The van der Waals surface area contributed by atoms with Crippen LogP contribution in [0.3, 0.4) is 0 Å². The minimum Gasteiger partial charge on any atom is -0.444 e. The van der Waals surface area contributed by atoms with Gasteiger partial charge in [0.1, 0.15) is 5.60 Å². The maximum atomic E-state index is 12.1. The van der Waals surface area contributed by atoms with E-state index < -0.39 is 10.9 Å².